The molecule has 1 aromatic heterocycles. The Morgan fingerprint density at radius 3 is 1.60 bits per heavy atom. The fourth-order valence-corrected chi connectivity index (χ4v) is 11.5. The van der Waals surface area contributed by atoms with E-state index in [1.54, 1.807) is 11.3 Å². The second kappa shape index (κ2) is 13.2. The molecule has 0 saturated carbocycles. The van der Waals surface area contributed by atoms with Gasteiger partial charge in [0, 0.05) is 31.6 Å². The number of rotatable bonds is 5. The van der Waals surface area contributed by atoms with Crippen molar-refractivity contribution in [1.82, 2.24) is 0 Å². The topological polar surface area (TPSA) is 3.24 Å². The van der Waals surface area contributed by atoms with E-state index in [1.165, 1.54) is 86.3 Å². The summed E-state index contributed by atoms with van der Waals surface area (Å²) in [6.07, 6.45) is 0. The molecular weight excluding hydrogens is 739 g/mol. The molecule has 58 heavy (non-hydrogen) atoms. The lowest BCUT2D eigenvalue weighted by Gasteiger charge is -2.40. The molecule has 0 saturated heterocycles. The molecule has 0 fully saturated rings. The van der Waals surface area contributed by atoms with Gasteiger partial charge in [0.2, 0.25) is 0 Å². The van der Waals surface area contributed by atoms with Gasteiger partial charge in [-0.15, -0.1) is 11.3 Å². The van der Waals surface area contributed by atoms with Gasteiger partial charge in [0.1, 0.15) is 0 Å². The van der Waals surface area contributed by atoms with Crippen molar-refractivity contribution in [3.8, 4) is 33.4 Å². The maximum absolute atomic E-state index is 2.49. The zero-order chi connectivity index (χ0) is 38.2. The average Bonchev–Trinajstić information content (AvgIpc) is 3.88. The van der Waals surface area contributed by atoms with Crippen LogP contribution >= 0.6 is 23.1 Å². The molecule has 1 aliphatic carbocycles. The van der Waals surface area contributed by atoms with E-state index in [1.807, 2.05) is 11.8 Å². The van der Waals surface area contributed by atoms with Crippen LogP contribution in [-0.4, -0.2) is 0 Å². The SMILES string of the molecule is c1ccc(-c2ccc(N(c3ccc(-c4ccc5sccc5c4)cc3)c3ccc4c(c3)C3(c5cc6ccccc6cc5S4)c4ccccc4-c4ccccc43)cc2)cc1. The van der Waals surface area contributed by atoms with E-state index in [0.717, 1.165) is 17.1 Å². The third-order valence-corrected chi connectivity index (χ3v) is 14.2. The van der Waals surface area contributed by atoms with Crippen LogP contribution in [0.3, 0.4) is 0 Å². The molecule has 2 aliphatic rings. The smallest absolute Gasteiger partial charge is 0.0736 e. The number of hydrogen-bond donors (Lipinski definition) is 0. The molecule has 10 aromatic rings. The first-order chi connectivity index (χ1) is 28.7. The number of hydrogen-bond acceptors (Lipinski definition) is 3. The Hall–Kier alpha value is -6.65. The highest BCUT2D eigenvalue weighted by Crippen LogP contribution is 2.63. The van der Waals surface area contributed by atoms with Crippen LogP contribution in [0.25, 0.3) is 54.2 Å². The second-order valence-corrected chi connectivity index (χ2v) is 17.3. The van der Waals surface area contributed by atoms with Gasteiger partial charge in [-0.1, -0.05) is 145 Å². The summed E-state index contributed by atoms with van der Waals surface area (Å²) in [5.74, 6) is 0. The Morgan fingerprint density at radius 1 is 0.345 bits per heavy atom. The van der Waals surface area contributed by atoms with Gasteiger partial charge >= 0.3 is 0 Å². The van der Waals surface area contributed by atoms with Crippen LogP contribution in [0.15, 0.2) is 221 Å². The lowest BCUT2D eigenvalue weighted by Crippen LogP contribution is -2.32. The maximum Gasteiger partial charge on any atom is 0.0736 e. The molecule has 272 valence electrons. The minimum absolute atomic E-state index is 0.490. The summed E-state index contributed by atoms with van der Waals surface area (Å²) < 4.78 is 1.32. The van der Waals surface area contributed by atoms with E-state index in [9.17, 15) is 0 Å². The lowest BCUT2D eigenvalue weighted by atomic mass is 9.67. The van der Waals surface area contributed by atoms with Crippen molar-refractivity contribution in [2.24, 2.45) is 0 Å². The Labute approximate surface area is 346 Å². The molecule has 0 unspecified atom stereocenters. The van der Waals surface area contributed by atoms with Crippen LogP contribution in [0.2, 0.25) is 0 Å². The van der Waals surface area contributed by atoms with Crippen molar-refractivity contribution in [2.45, 2.75) is 15.2 Å². The number of thiophene rings is 1. The molecule has 0 N–H and O–H groups in total. The highest BCUT2D eigenvalue weighted by molar-refractivity contribution is 7.99. The van der Waals surface area contributed by atoms with E-state index in [4.69, 9.17) is 0 Å². The van der Waals surface area contributed by atoms with Crippen LogP contribution in [0, 0.1) is 0 Å². The highest BCUT2D eigenvalue weighted by Gasteiger charge is 2.50. The average molecular weight is 774 g/mol. The van der Waals surface area contributed by atoms with Gasteiger partial charge in [-0.3, -0.25) is 0 Å². The summed E-state index contributed by atoms with van der Waals surface area (Å²) in [6, 6.07) is 76.8. The molecule has 0 amide bonds. The van der Waals surface area contributed by atoms with Gasteiger partial charge in [-0.05, 0) is 150 Å². The lowest BCUT2D eigenvalue weighted by molar-refractivity contribution is 0.724. The summed E-state index contributed by atoms with van der Waals surface area (Å²) in [5.41, 5.74) is 15.7. The molecule has 1 nitrogen and oxygen atoms in total. The van der Waals surface area contributed by atoms with Gasteiger partial charge in [0.05, 0.1) is 5.41 Å². The van der Waals surface area contributed by atoms with E-state index in [-0.39, 0.29) is 0 Å². The van der Waals surface area contributed by atoms with Crippen LogP contribution in [-0.2, 0) is 5.41 Å². The zero-order valence-corrected chi connectivity index (χ0v) is 33.1. The zero-order valence-electron chi connectivity index (χ0n) is 31.5. The first-order valence-electron chi connectivity index (χ1n) is 19.8. The first-order valence-corrected chi connectivity index (χ1v) is 21.5. The molecule has 0 radical (unpaired) electrons. The Kier molecular flexibility index (Phi) is 7.63. The Morgan fingerprint density at radius 2 is 0.897 bits per heavy atom. The van der Waals surface area contributed by atoms with E-state index >= 15 is 0 Å². The molecule has 0 atom stereocenters. The molecule has 1 aliphatic heterocycles. The predicted molar refractivity (Wildman–Crippen MR) is 246 cm³/mol. The molecule has 2 heterocycles. The van der Waals surface area contributed by atoms with Crippen molar-refractivity contribution in [2.75, 3.05) is 4.90 Å². The Balaban J connectivity index is 1.07. The molecule has 3 heteroatoms. The largest absolute Gasteiger partial charge is 0.310 e. The van der Waals surface area contributed by atoms with Gasteiger partial charge in [0.25, 0.3) is 0 Å². The summed E-state index contributed by atoms with van der Waals surface area (Å²) in [7, 11) is 0. The maximum atomic E-state index is 2.49. The third-order valence-electron chi connectivity index (χ3n) is 12.2. The van der Waals surface area contributed by atoms with Gasteiger partial charge in [-0.25, -0.2) is 0 Å². The van der Waals surface area contributed by atoms with Crippen molar-refractivity contribution in [1.29, 1.82) is 0 Å². The van der Waals surface area contributed by atoms with Gasteiger partial charge < -0.3 is 4.90 Å². The third kappa shape index (κ3) is 5.10. The number of fused-ring (bicyclic) bond motifs is 11. The Bertz CT molecular complexity index is 3150. The monoisotopic (exact) mass is 773 g/mol. The molecule has 12 rings (SSSR count). The number of benzene rings is 9. The van der Waals surface area contributed by atoms with E-state index in [0.29, 0.717) is 0 Å². The highest BCUT2D eigenvalue weighted by atomic mass is 32.2. The molecular formula is C55H35NS2. The second-order valence-electron chi connectivity index (χ2n) is 15.3. The van der Waals surface area contributed by atoms with E-state index < -0.39 is 5.41 Å². The summed E-state index contributed by atoms with van der Waals surface area (Å²) >= 11 is 3.69. The molecule has 0 bridgehead atoms. The fraction of sp³-hybridized carbons (Fsp3) is 0.0182. The van der Waals surface area contributed by atoms with Crippen LogP contribution in [0.5, 0.6) is 0 Å². The van der Waals surface area contributed by atoms with Crippen LogP contribution in [0.1, 0.15) is 22.3 Å². The summed E-state index contributed by atoms with van der Waals surface area (Å²) in [5, 5.41) is 5.99. The van der Waals surface area contributed by atoms with Crippen molar-refractivity contribution in [3.63, 3.8) is 0 Å². The summed E-state index contributed by atoms with van der Waals surface area (Å²) in [4.78, 5) is 5.04. The standard InChI is InChI=1S/C55H35NS2/c1-2-10-36(11-3-1)37-18-23-43(24-19-37)56(44-25-20-38(21-26-44)41-22-28-52-42(32-41)30-31-57-52)45-27-29-53-51(35-45)55(50-33-39-12-4-5-13-40(39)34-54(50)58-53)48-16-8-6-14-46(48)47-15-7-9-17-49(47)55/h1-35H. The minimum Gasteiger partial charge on any atom is -0.310 e. The minimum atomic E-state index is -0.490. The van der Waals surface area contributed by atoms with Crippen LogP contribution < -0.4 is 4.90 Å². The van der Waals surface area contributed by atoms with Gasteiger partial charge in [0.15, 0.2) is 0 Å². The quantitative estimate of drug-likeness (QED) is 0.171. The molecule has 1 spiro atoms. The fourth-order valence-electron chi connectivity index (χ4n) is 9.54. The number of nitrogens with zero attached hydrogens (tertiary/aromatic N) is 1. The summed E-state index contributed by atoms with van der Waals surface area (Å²) in [6.45, 7) is 0. The van der Waals surface area contributed by atoms with Gasteiger partial charge in [-0.2, -0.15) is 0 Å². The first kappa shape index (κ1) is 33.5. The van der Waals surface area contributed by atoms with Crippen molar-refractivity contribution < 1.29 is 0 Å². The van der Waals surface area contributed by atoms with Crippen LogP contribution in [0.4, 0.5) is 17.1 Å². The van der Waals surface area contributed by atoms with Crippen molar-refractivity contribution in [3.05, 3.63) is 234 Å². The number of anilines is 3. The van der Waals surface area contributed by atoms with E-state index in [2.05, 4.69) is 217 Å². The predicted octanol–water partition coefficient (Wildman–Crippen LogP) is 15.7. The normalized spacial score (nSPS) is 13.2. The molecule has 9 aromatic carbocycles. The van der Waals surface area contributed by atoms with Crippen molar-refractivity contribution >= 4 is 61.0 Å².